The number of aliphatic hydroxyl groups excluding tert-OH is 1. The maximum Gasteiger partial charge on any atom is 0.254 e. The Morgan fingerprint density at radius 1 is 1.33 bits per heavy atom. The molecule has 0 radical (unpaired) electrons. The van der Waals surface area contributed by atoms with Crippen LogP contribution in [0, 0.1) is 0 Å². The minimum Gasteiger partial charge on any atom is -0.395 e. The van der Waals surface area contributed by atoms with Crippen molar-refractivity contribution in [2.75, 3.05) is 32.1 Å². The van der Waals surface area contributed by atoms with Crippen molar-refractivity contribution in [3.05, 3.63) is 46.4 Å². The number of aryl methyl sites for hydroxylation is 1. The van der Waals surface area contributed by atoms with Crippen molar-refractivity contribution in [1.82, 2.24) is 24.6 Å². The molecule has 27 heavy (non-hydrogen) atoms. The summed E-state index contributed by atoms with van der Waals surface area (Å²) in [6, 6.07) is 7.23. The molecular weight excluding hydrogens is 364 g/mol. The second kappa shape index (κ2) is 8.28. The fraction of sp³-hybridized carbons (Fsp3) is 0.333. The molecule has 3 aromatic rings. The number of carbonyl (C=O) groups excluding carboxylic acids is 1. The highest BCUT2D eigenvalue weighted by Gasteiger charge is 2.18. The molecule has 0 aliphatic rings. The van der Waals surface area contributed by atoms with E-state index in [1.54, 1.807) is 27.9 Å². The summed E-state index contributed by atoms with van der Waals surface area (Å²) in [6.45, 7) is 0.508. The fourth-order valence-corrected chi connectivity index (χ4v) is 3.36. The summed E-state index contributed by atoms with van der Waals surface area (Å²) >= 11 is 1.48. The molecule has 1 N–H and O–H groups in total. The molecule has 0 fully saturated rings. The maximum atomic E-state index is 13.0. The van der Waals surface area contributed by atoms with Crippen LogP contribution < -0.4 is 4.90 Å². The SMILES string of the molecule is CN(C)c1nc(-c2cccc(C(=O)N(CCO)Cc3nccs3)c2)nn1C. The van der Waals surface area contributed by atoms with Gasteiger partial charge in [0.2, 0.25) is 5.95 Å². The van der Waals surface area contributed by atoms with Crippen molar-refractivity contribution in [3.63, 3.8) is 0 Å². The molecule has 0 saturated carbocycles. The van der Waals surface area contributed by atoms with E-state index in [0.29, 0.717) is 17.9 Å². The summed E-state index contributed by atoms with van der Waals surface area (Å²) < 4.78 is 1.70. The molecule has 0 saturated heterocycles. The minimum atomic E-state index is -0.162. The number of aromatic nitrogens is 4. The predicted octanol–water partition coefficient (Wildman–Crippen LogP) is 1.64. The Balaban J connectivity index is 1.87. The van der Waals surface area contributed by atoms with Gasteiger partial charge in [-0.05, 0) is 12.1 Å². The summed E-state index contributed by atoms with van der Waals surface area (Å²) in [5.41, 5.74) is 1.29. The van der Waals surface area contributed by atoms with E-state index in [1.807, 2.05) is 43.6 Å². The number of aliphatic hydroxyl groups is 1. The van der Waals surface area contributed by atoms with E-state index < -0.39 is 0 Å². The quantitative estimate of drug-likeness (QED) is 0.664. The van der Waals surface area contributed by atoms with Crippen molar-refractivity contribution in [2.45, 2.75) is 6.54 Å². The van der Waals surface area contributed by atoms with Gasteiger partial charge in [0, 0.05) is 50.4 Å². The van der Waals surface area contributed by atoms with Gasteiger partial charge in [-0.15, -0.1) is 16.4 Å². The van der Waals surface area contributed by atoms with Crippen molar-refractivity contribution < 1.29 is 9.90 Å². The van der Waals surface area contributed by atoms with Gasteiger partial charge in [-0.25, -0.2) is 9.67 Å². The lowest BCUT2D eigenvalue weighted by Crippen LogP contribution is -2.33. The second-order valence-corrected chi connectivity index (χ2v) is 7.19. The first-order valence-electron chi connectivity index (χ1n) is 8.47. The van der Waals surface area contributed by atoms with Gasteiger partial charge in [0.05, 0.1) is 13.2 Å². The Morgan fingerprint density at radius 2 is 2.15 bits per heavy atom. The first-order chi connectivity index (χ1) is 13.0. The van der Waals surface area contributed by atoms with Crippen molar-refractivity contribution >= 4 is 23.2 Å². The molecule has 1 amide bonds. The Bertz CT molecular complexity index is 906. The zero-order valence-electron chi connectivity index (χ0n) is 15.5. The monoisotopic (exact) mass is 386 g/mol. The van der Waals surface area contributed by atoms with Gasteiger partial charge in [-0.1, -0.05) is 12.1 Å². The van der Waals surface area contributed by atoms with Crippen LogP contribution in [0.15, 0.2) is 35.8 Å². The summed E-state index contributed by atoms with van der Waals surface area (Å²) in [5.74, 6) is 1.13. The third-order valence-corrected chi connectivity index (χ3v) is 4.74. The largest absolute Gasteiger partial charge is 0.395 e. The van der Waals surface area contributed by atoms with Crippen LogP contribution in [0.4, 0.5) is 5.95 Å². The zero-order valence-corrected chi connectivity index (χ0v) is 16.3. The molecule has 0 aliphatic heterocycles. The first kappa shape index (κ1) is 19.0. The lowest BCUT2D eigenvalue weighted by molar-refractivity contribution is 0.0707. The lowest BCUT2D eigenvalue weighted by atomic mass is 10.1. The second-order valence-electron chi connectivity index (χ2n) is 6.21. The Kier molecular flexibility index (Phi) is 5.82. The number of anilines is 1. The van der Waals surface area contributed by atoms with Gasteiger partial charge in [0.1, 0.15) is 5.01 Å². The number of hydrogen-bond acceptors (Lipinski definition) is 7. The number of carbonyl (C=O) groups is 1. The van der Waals surface area contributed by atoms with Gasteiger partial charge < -0.3 is 14.9 Å². The number of rotatable bonds is 7. The van der Waals surface area contributed by atoms with Crippen LogP contribution in [-0.4, -0.2) is 62.9 Å². The summed E-state index contributed by atoms with van der Waals surface area (Å²) in [6.07, 6.45) is 1.71. The standard InChI is InChI=1S/C18H22N6O2S/c1-22(2)18-20-16(21-23(18)3)13-5-4-6-14(11-13)17(26)24(8-9-25)12-15-19-7-10-27-15/h4-7,10-11,25H,8-9,12H2,1-3H3. The number of nitrogens with zero attached hydrogens (tertiary/aromatic N) is 6. The number of amides is 1. The topological polar surface area (TPSA) is 87.4 Å². The Hall–Kier alpha value is -2.78. The summed E-state index contributed by atoms with van der Waals surface area (Å²) in [5, 5.41) is 16.5. The van der Waals surface area contributed by atoms with E-state index >= 15 is 0 Å². The molecule has 8 nitrogen and oxygen atoms in total. The third-order valence-electron chi connectivity index (χ3n) is 3.97. The van der Waals surface area contributed by atoms with Crippen LogP contribution >= 0.6 is 11.3 Å². The molecule has 2 aromatic heterocycles. The van der Waals surface area contributed by atoms with Gasteiger partial charge in [0.15, 0.2) is 5.82 Å². The van der Waals surface area contributed by atoms with E-state index in [2.05, 4.69) is 15.1 Å². The molecule has 9 heteroatoms. The van der Waals surface area contributed by atoms with Gasteiger partial charge in [0.25, 0.3) is 5.91 Å². The highest BCUT2D eigenvalue weighted by Crippen LogP contribution is 2.21. The predicted molar refractivity (Wildman–Crippen MR) is 105 cm³/mol. The van der Waals surface area contributed by atoms with E-state index in [9.17, 15) is 9.90 Å². The van der Waals surface area contributed by atoms with Crippen molar-refractivity contribution in [3.8, 4) is 11.4 Å². The maximum absolute atomic E-state index is 13.0. The molecule has 142 valence electrons. The van der Waals surface area contributed by atoms with Gasteiger partial charge in [-0.2, -0.15) is 4.98 Å². The van der Waals surface area contributed by atoms with Crippen LogP contribution in [-0.2, 0) is 13.6 Å². The van der Waals surface area contributed by atoms with E-state index in [0.717, 1.165) is 16.5 Å². The van der Waals surface area contributed by atoms with Crippen LogP contribution in [0.1, 0.15) is 15.4 Å². The van der Waals surface area contributed by atoms with Crippen LogP contribution in [0.3, 0.4) is 0 Å². The van der Waals surface area contributed by atoms with E-state index in [4.69, 9.17) is 0 Å². The smallest absolute Gasteiger partial charge is 0.254 e. The Morgan fingerprint density at radius 3 is 2.78 bits per heavy atom. The first-order valence-corrected chi connectivity index (χ1v) is 9.35. The Labute approximate surface area is 161 Å². The van der Waals surface area contributed by atoms with Crippen LogP contribution in [0.5, 0.6) is 0 Å². The molecule has 0 aliphatic carbocycles. The normalized spacial score (nSPS) is 10.8. The van der Waals surface area contributed by atoms with Crippen molar-refractivity contribution in [2.24, 2.45) is 7.05 Å². The van der Waals surface area contributed by atoms with E-state index in [-0.39, 0.29) is 19.1 Å². The lowest BCUT2D eigenvalue weighted by Gasteiger charge is -2.20. The number of benzene rings is 1. The van der Waals surface area contributed by atoms with Crippen molar-refractivity contribution in [1.29, 1.82) is 0 Å². The van der Waals surface area contributed by atoms with Gasteiger partial charge >= 0.3 is 0 Å². The van der Waals surface area contributed by atoms with Crippen LogP contribution in [0.2, 0.25) is 0 Å². The molecule has 1 aromatic carbocycles. The minimum absolute atomic E-state index is 0.106. The van der Waals surface area contributed by atoms with Gasteiger partial charge in [-0.3, -0.25) is 4.79 Å². The third kappa shape index (κ3) is 4.32. The highest BCUT2D eigenvalue weighted by molar-refractivity contribution is 7.09. The molecule has 0 spiro atoms. The molecule has 3 rings (SSSR count). The number of hydrogen-bond donors (Lipinski definition) is 1. The fourth-order valence-electron chi connectivity index (χ4n) is 2.73. The average Bonchev–Trinajstić information content (AvgIpc) is 3.30. The molecule has 0 atom stereocenters. The molecular formula is C18H22N6O2S. The van der Waals surface area contributed by atoms with E-state index in [1.165, 1.54) is 11.3 Å². The molecule has 0 bridgehead atoms. The summed E-state index contributed by atoms with van der Waals surface area (Å²) in [4.78, 5) is 25.2. The number of thiazole rings is 1. The average molecular weight is 386 g/mol. The molecule has 0 unspecified atom stereocenters. The summed E-state index contributed by atoms with van der Waals surface area (Å²) in [7, 11) is 5.64. The highest BCUT2D eigenvalue weighted by atomic mass is 32.1. The molecule has 2 heterocycles. The zero-order chi connectivity index (χ0) is 19.4. The van der Waals surface area contributed by atoms with Crippen LogP contribution in [0.25, 0.3) is 11.4 Å².